The number of alkyl halides is 3. The second-order valence-electron chi connectivity index (χ2n) is 6.92. The van der Waals surface area contributed by atoms with Crippen LogP contribution in [0.4, 0.5) is 18.9 Å². The summed E-state index contributed by atoms with van der Waals surface area (Å²) in [6.07, 6.45) is -0.547. The Morgan fingerprint density at radius 2 is 1.70 bits per heavy atom. The van der Waals surface area contributed by atoms with E-state index in [1.54, 1.807) is 19.2 Å². The molecule has 0 saturated heterocycles. The molecule has 0 bridgehead atoms. The molecular weight excluding hydrogens is 391 g/mol. The van der Waals surface area contributed by atoms with Crippen molar-refractivity contribution in [1.29, 1.82) is 0 Å². The number of methoxy groups -OCH3 is 1. The summed E-state index contributed by atoms with van der Waals surface area (Å²) in [5.74, 6) is 0.528. The van der Waals surface area contributed by atoms with E-state index in [1.165, 1.54) is 17.0 Å². The van der Waals surface area contributed by atoms with Crippen LogP contribution in [0.3, 0.4) is 0 Å². The van der Waals surface area contributed by atoms with Gasteiger partial charge in [0.05, 0.1) is 19.2 Å². The largest absolute Gasteiger partial charge is 0.497 e. The van der Waals surface area contributed by atoms with E-state index >= 15 is 0 Å². The van der Waals surface area contributed by atoms with Crippen LogP contribution < -0.4 is 9.64 Å². The van der Waals surface area contributed by atoms with E-state index in [-0.39, 0.29) is 5.91 Å². The van der Waals surface area contributed by atoms with Gasteiger partial charge in [0, 0.05) is 11.3 Å². The zero-order valence-electron chi connectivity index (χ0n) is 16.1. The van der Waals surface area contributed by atoms with Gasteiger partial charge in [-0.2, -0.15) is 13.2 Å². The average molecular weight is 409 g/mol. The van der Waals surface area contributed by atoms with E-state index in [4.69, 9.17) is 4.74 Å². The van der Waals surface area contributed by atoms with E-state index in [9.17, 15) is 18.0 Å². The van der Waals surface area contributed by atoms with Crippen molar-refractivity contribution in [2.45, 2.75) is 12.7 Å². The van der Waals surface area contributed by atoms with Crippen molar-refractivity contribution >= 4 is 23.7 Å². The molecule has 6 heteroatoms. The highest BCUT2D eigenvalue weighted by Crippen LogP contribution is 2.34. The quantitative estimate of drug-likeness (QED) is 0.492. The number of benzene rings is 3. The third-order valence-electron chi connectivity index (χ3n) is 5.06. The molecular formula is C24H18F3NO2. The zero-order chi connectivity index (χ0) is 21.3. The lowest BCUT2D eigenvalue weighted by Crippen LogP contribution is -2.23. The molecule has 3 aromatic carbocycles. The third kappa shape index (κ3) is 3.81. The summed E-state index contributed by atoms with van der Waals surface area (Å²) < 4.78 is 43.7. The molecule has 3 nitrogen and oxygen atoms in total. The molecule has 0 aromatic heterocycles. The summed E-state index contributed by atoms with van der Waals surface area (Å²) >= 11 is 0. The Kier molecular flexibility index (Phi) is 5.08. The maximum absolute atomic E-state index is 12.9. The minimum Gasteiger partial charge on any atom is -0.497 e. The zero-order valence-corrected chi connectivity index (χ0v) is 16.1. The van der Waals surface area contributed by atoms with Crippen LogP contribution in [0.5, 0.6) is 5.75 Å². The van der Waals surface area contributed by atoms with Crippen molar-refractivity contribution in [3.63, 3.8) is 0 Å². The standard InChI is InChI=1S/C24H18F3NO2/c1-30-20-6-2-4-16(14-20)8-9-17-5-3-7-21-22(17)15-28(23(21)29)19-12-10-18(11-13-19)24(25,26)27/h2-14H,15H2,1H3/b9-8+. The summed E-state index contributed by atoms with van der Waals surface area (Å²) in [4.78, 5) is 14.3. The Bertz CT molecular complexity index is 1120. The number of ether oxygens (including phenoxy) is 1. The first-order chi connectivity index (χ1) is 14.4. The van der Waals surface area contributed by atoms with Gasteiger partial charge in [0.1, 0.15) is 5.75 Å². The molecule has 0 fully saturated rings. The minimum absolute atomic E-state index is 0.221. The fraction of sp³-hybridized carbons (Fsp3) is 0.125. The van der Waals surface area contributed by atoms with Crippen molar-refractivity contribution in [3.8, 4) is 5.75 Å². The molecule has 0 radical (unpaired) electrons. The molecule has 0 atom stereocenters. The summed E-state index contributed by atoms with van der Waals surface area (Å²) in [6.45, 7) is 0.304. The lowest BCUT2D eigenvalue weighted by atomic mass is 10.0. The maximum atomic E-state index is 12.9. The molecule has 0 saturated carbocycles. The van der Waals surface area contributed by atoms with Gasteiger partial charge in [-0.25, -0.2) is 0 Å². The Morgan fingerprint density at radius 3 is 2.40 bits per heavy atom. The first-order valence-electron chi connectivity index (χ1n) is 9.30. The van der Waals surface area contributed by atoms with Crippen LogP contribution in [0.2, 0.25) is 0 Å². The topological polar surface area (TPSA) is 29.5 Å². The van der Waals surface area contributed by atoms with Crippen molar-refractivity contribution in [1.82, 2.24) is 0 Å². The molecule has 30 heavy (non-hydrogen) atoms. The second-order valence-corrected chi connectivity index (χ2v) is 6.92. The lowest BCUT2D eigenvalue weighted by Gasteiger charge is -2.17. The van der Waals surface area contributed by atoms with Gasteiger partial charge >= 0.3 is 6.18 Å². The van der Waals surface area contributed by atoms with Crippen molar-refractivity contribution in [2.75, 3.05) is 12.0 Å². The van der Waals surface area contributed by atoms with Crippen molar-refractivity contribution in [3.05, 3.63) is 94.5 Å². The number of hydrogen-bond acceptors (Lipinski definition) is 2. The number of halogens is 3. The first kappa shape index (κ1) is 19.8. The second kappa shape index (κ2) is 7.71. The predicted molar refractivity (Wildman–Crippen MR) is 110 cm³/mol. The van der Waals surface area contributed by atoms with Crippen LogP contribution in [0.15, 0.2) is 66.7 Å². The molecule has 4 rings (SSSR count). The molecule has 1 aliphatic heterocycles. The normalized spacial score (nSPS) is 13.7. The minimum atomic E-state index is -4.41. The maximum Gasteiger partial charge on any atom is 0.416 e. The van der Waals surface area contributed by atoms with E-state index < -0.39 is 11.7 Å². The number of anilines is 1. The molecule has 0 unspecified atom stereocenters. The highest BCUT2D eigenvalue weighted by Gasteiger charge is 2.32. The average Bonchev–Trinajstić information content (AvgIpc) is 3.09. The van der Waals surface area contributed by atoms with Crippen molar-refractivity contribution in [2.24, 2.45) is 0 Å². The van der Waals surface area contributed by atoms with Gasteiger partial charge in [0.15, 0.2) is 0 Å². The van der Waals surface area contributed by atoms with Crippen LogP contribution >= 0.6 is 0 Å². The van der Waals surface area contributed by atoms with Gasteiger partial charge in [-0.3, -0.25) is 4.79 Å². The number of carbonyl (C=O) groups is 1. The van der Waals surface area contributed by atoms with Crippen LogP contribution in [0.1, 0.15) is 32.6 Å². The summed E-state index contributed by atoms with van der Waals surface area (Å²) in [7, 11) is 1.61. The Balaban J connectivity index is 1.61. The van der Waals surface area contributed by atoms with Gasteiger partial charge in [-0.05, 0) is 59.2 Å². The van der Waals surface area contributed by atoms with E-state index in [2.05, 4.69) is 0 Å². The van der Waals surface area contributed by atoms with Gasteiger partial charge < -0.3 is 9.64 Å². The number of rotatable bonds is 4. The smallest absolute Gasteiger partial charge is 0.416 e. The molecule has 0 N–H and O–H groups in total. The molecule has 0 aliphatic carbocycles. The van der Waals surface area contributed by atoms with Gasteiger partial charge in [0.2, 0.25) is 0 Å². The number of fused-ring (bicyclic) bond motifs is 1. The number of hydrogen-bond donors (Lipinski definition) is 0. The van der Waals surface area contributed by atoms with Crippen molar-refractivity contribution < 1.29 is 22.7 Å². The van der Waals surface area contributed by atoms with Gasteiger partial charge in [-0.1, -0.05) is 36.4 Å². The fourth-order valence-corrected chi connectivity index (χ4v) is 3.48. The summed E-state index contributed by atoms with van der Waals surface area (Å²) in [5.41, 5.74) is 2.95. The SMILES string of the molecule is COc1cccc(/C=C/c2cccc3c2CN(c2ccc(C(F)(F)F)cc2)C3=O)c1. The number of nitrogens with zero attached hydrogens (tertiary/aromatic N) is 1. The molecule has 1 amide bonds. The fourth-order valence-electron chi connectivity index (χ4n) is 3.48. The Morgan fingerprint density at radius 1 is 0.967 bits per heavy atom. The summed E-state index contributed by atoms with van der Waals surface area (Å²) in [5, 5.41) is 0. The first-order valence-corrected chi connectivity index (χ1v) is 9.30. The van der Waals surface area contributed by atoms with E-state index in [0.717, 1.165) is 34.6 Å². The molecule has 3 aromatic rings. The van der Waals surface area contributed by atoms with Crippen LogP contribution in [-0.2, 0) is 12.7 Å². The summed E-state index contributed by atoms with van der Waals surface area (Å²) in [6, 6.07) is 17.7. The van der Waals surface area contributed by atoms with Crippen LogP contribution in [0, 0.1) is 0 Å². The molecule has 1 heterocycles. The lowest BCUT2D eigenvalue weighted by molar-refractivity contribution is -0.137. The molecule has 1 aliphatic rings. The van der Waals surface area contributed by atoms with Gasteiger partial charge in [0.25, 0.3) is 5.91 Å². The Labute approximate surface area is 172 Å². The van der Waals surface area contributed by atoms with Gasteiger partial charge in [-0.15, -0.1) is 0 Å². The molecule has 0 spiro atoms. The third-order valence-corrected chi connectivity index (χ3v) is 5.06. The monoisotopic (exact) mass is 409 g/mol. The number of amides is 1. The highest BCUT2D eigenvalue weighted by atomic mass is 19.4. The Hall–Kier alpha value is -3.54. The van der Waals surface area contributed by atoms with Crippen LogP contribution in [0.25, 0.3) is 12.2 Å². The highest BCUT2D eigenvalue weighted by molar-refractivity contribution is 6.10. The predicted octanol–water partition coefficient (Wildman–Crippen LogP) is 6.04. The van der Waals surface area contributed by atoms with Crippen LogP contribution in [-0.4, -0.2) is 13.0 Å². The van der Waals surface area contributed by atoms with E-state index in [1.807, 2.05) is 42.5 Å². The molecule has 152 valence electrons. The van der Waals surface area contributed by atoms with E-state index in [0.29, 0.717) is 17.8 Å². The number of carbonyl (C=O) groups excluding carboxylic acids is 1.